The molecular formula is C19H22ClN7O3. The number of hydrogen-bond donors (Lipinski definition) is 2. The van der Waals surface area contributed by atoms with Crippen molar-refractivity contribution < 1.29 is 14.3 Å². The number of nitrogens with one attached hydrogen (secondary N) is 1. The van der Waals surface area contributed by atoms with Crippen molar-refractivity contribution in [3.05, 3.63) is 41.4 Å². The Bertz CT molecular complexity index is 1040. The molecule has 0 saturated carbocycles. The molecule has 0 aliphatic carbocycles. The molecule has 158 valence electrons. The van der Waals surface area contributed by atoms with Crippen molar-refractivity contribution in [2.75, 3.05) is 24.7 Å². The molecule has 30 heavy (non-hydrogen) atoms. The number of rotatable bonds is 8. The fourth-order valence-corrected chi connectivity index (χ4v) is 2.89. The maximum absolute atomic E-state index is 11.9. The van der Waals surface area contributed by atoms with Crippen LogP contribution in [0.3, 0.4) is 0 Å². The van der Waals surface area contributed by atoms with Gasteiger partial charge in [0.25, 0.3) is 0 Å². The van der Waals surface area contributed by atoms with E-state index in [9.17, 15) is 4.79 Å². The number of aromatic nitrogens is 5. The van der Waals surface area contributed by atoms with Crippen molar-refractivity contribution in [3.8, 4) is 17.3 Å². The SMILES string of the molecule is COC(=O)c1cnc(Cl)cc1NCC[C@H](C)Oc1c(-c2nccc(N)n2)cnn1C. The van der Waals surface area contributed by atoms with Gasteiger partial charge in [-0.05, 0) is 19.1 Å². The van der Waals surface area contributed by atoms with Gasteiger partial charge in [0, 0.05) is 32.4 Å². The second-order valence-corrected chi connectivity index (χ2v) is 6.87. The highest BCUT2D eigenvalue weighted by molar-refractivity contribution is 6.29. The molecular weight excluding hydrogens is 410 g/mol. The van der Waals surface area contributed by atoms with Crippen LogP contribution in [0.2, 0.25) is 5.15 Å². The molecule has 0 aliphatic rings. The summed E-state index contributed by atoms with van der Waals surface area (Å²) in [7, 11) is 3.09. The maximum Gasteiger partial charge on any atom is 0.341 e. The van der Waals surface area contributed by atoms with Gasteiger partial charge in [0.15, 0.2) is 5.82 Å². The number of halogens is 1. The quantitative estimate of drug-likeness (QED) is 0.408. The first-order valence-electron chi connectivity index (χ1n) is 9.14. The van der Waals surface area contributed by atoms with Crippen molar-refractivity contribution in [1.82, 2.24) is 24.7 Å². The molecule has 11 heteroatoms. The Kier molecular flexibility index (Phi) is 6.68. The Morgan fingerprint density at radius 3 is 2.90 bits per heavy atom. The Labute approximate surface area is 178 Å². The van der Waals surface area contributed by atoms with Crippen molar-refractivity contribution in [3.63, 3.8) is 0 Å². The summed E-state index contributed by atoms with van der Waals surface area (Å²) in [5.41, 5.74) is 7.26. The van der Waals surface area contributed by atoms with E-state index < -0.39 is 5.97 Å². The van der Waals surface area contributed by atoms with Crippen LogP contribution in [0.1, 0.15) is 23.7 Å². The first-order valence-corrected chi connectivity index (χ1v) is 9.52. The summed E-state index contributed by atoms with van der Waals surface area (Å²) < 4.78 is 12.5. The van der Waals surface area contributed by atoms with Crippen LogP contribution in [-0.4, -0.2) is 50.5 Å². The predicted molar refractivity (Wildman–Crippen MR) is 112 cm³/mol. The fourth-order valence-electron chi connectivity index (χ4n) is 2.73. The van der Waals surface area contributed by atoms with E-state index in [2.05, 4.69) is 25.4 Å². The van der Waals surface area contributed by atoms with E-state index in [1.54, 1.807) is 36.3 Å². The first kappa shape index (κ1) is 21.3. The van der Waals surface area contributed by atoms with E-state index >= 15 is 0 Å². The van der Waals surface area contributed by atoms with E-state index in [0.717, 1.165) is 0 Å². The second-order valence-electron chi connectivity index (χ2n) is 6.48. The Hall–Kier alpha value is -3.40. The number of anilines is 2. The van der Waals surface area contributed by atoms with Gasteiger partial charge in [-0.25, -0.2) is 24.4 Å². The van der Waals surface area contributed by atoms with Gasteiger partial charge in [0.1, 0.15) is 22.1 Å². The summed E-state index contributed by atoms with van der Waals surface area (Å²) in [6, 6.07) is 3.19. The molecule has 0 fully saturated rings. The van der Waals surface area contributed by atoms with Crippen molar-refractivity contribution >= 4 is 29.1 Å². The second kappa shape index (κ2) is 9.40. The number of carbonyl (C=O) groups is 1. The highest BCUT2D eigenvalue weighted by Gasteiger charge is 2.18. The molecule has 0 aromatic carbocycles. The Balaban J connectivity index is 1.66. The Morgan fingerprint density at radius 1 is 1.37 bits per heavy atom. The molecule has 3 rings (SSSR count). The smallest absolute Gasteiger partial charge is 0.341 e. The van der Waals surface area contributed by atoms with Crippen LogP contribution < -0.4 is 15.8 Å². The van der Waals surface area contributed by atoms with Crippen molar-refractivity contribution in [1.29, 1.82) is 0 Å². The summed E-state index contributed by atoms with van der Waals surface area (Å²) in [6.45, 7) is 2.45. The largest absolute Gasteiger partial charge is 0.474 e. The van der Waals surface area contributed by atoms with Gasteiger partial charge in [-0.2, -0.15) is 5.10 Å². The molecule has 3 N–H and O–H groups in total. The number of methoxy groups -OCH3 is 1. The number of nitrogens with two attached hydrogens (primary N) is 1. The number of hydrogen-bond acceptors (Lipinski definition) is 9. The average Bonchev–Trinajstić information content (AvgIpc) is 3.08. The van der Waals surface area contributed by atoms with E-state index in [0.29, 0.717) is 47.3 Å². The molecule has 1 atom stereocenters. The zero-order valence-electron chi connectivity index (χ0n) is 16.8. The van der Waals surface area contributed by atoms with E-state index in [-0.39, 0.29) is 11.3 Å². The monoisotopic (exact) mass is 431 g/mol. The van der Waals surface area contributed by atoms with Gasteiger partial charge < -0.3 is 20.5 Å². The van der Waals surface area contributed by atoms with Crippen LogP contribution in [0.25, 0.3) is 11.4 Å². The molecule has 0 unspecified atom stereocenters. The molecule has 3 heterocycles. The van der Waals surface area contributed by atoms with E-state index in [1.807, 2.05) is 6.92 Å². The third-order valence-electron chi connectivity index (χ3n) is 4.26. The zero-order chi connectivity index (χ0) is 21.7. The summed E-state index contributed by atoms with van der Waals surface area (Å²) in [6.07, 6.45) is 5.05. The van der Waals surface area contributed by atoms with Crippen molar-refractivity contribution in [2.24, 2.45) is 7.05 Å². The number of nitrogens with zero attached hydrogens (tertiary/aromatic N) is 5. The minimum atomic E-state index is -0.493. The molecule has 3 aromatic rings. The lowest BCUT2D eigenvalue weighted by Gasteiger charge is -2.17. The minimum Gasteiger partial charge on any atom is -0.474 e. The van der Waals surface area contributed by atoms with Crippen LogP contribution in [0.15, 0.2) is 30.7 Å². The minimum absolute atomic E-state index is 0.174. The van der Waals surface area contributed by atoms with Gasteiger partial charge in [-0.3, -0.25) is 0 Å². The van der Waals surface area contributed by atoms with Crippen LogP contribution >= 0.6 is 11.6 Å². The number of ether oxygens (including phenoxy) is 2. The summed E-state index contributed by atoms with van der Waals surface area (Å²) in [4.78, 5) is 24.3. The molecule has 0 aliphatic heterocycles. The number of nitrogen functional groups attached to an aromatic ring is 1. The van der Waals surface area contributed by atoms with Gasteiger partial charge in [-0.1, -0.05) is 11.6 Å². The molecule has 0 amide bonds. The third-order valence-corrected chi connectivity index (χ3v) is 4.46. The van der Waals surface area contributed by atoms with Crippen LogP contribution in [0.4, 0.5) is 11.5 Å². The molecule has 0 bridgehead atoms. The lowest BCUT2D eigenvalue weighted by Crippen LogP contribution is -2.19. The number of carbonyl (C=O) groups excluding carboxylic acids is 1. The van der Waals surface area contributed by atoms with E-state index in [1.165, 1.54) is 13.3 Å². The normalized spacial score (nSPS) is 11.7. The summed E-state index contributed by atoms with van der Waals surface area (Å²) in [5.74, 6) is 0.852. The molecule has 0 spiro atoms. The molecule has 0 saturated heterocycles. The predicted octanol–water partition coefficient (Wildman–Crippen LogP) is 2.56. The van der Waals surface area contributed by atoms with Crippen LogP contribution in [0, 0.1) is 0 Å². The highest BCUT2D eigenvalue weighted by atomic mass is 35.5. The first-order chi connectivity index (χ1) is 14.4. The summed E-state index contributed by atoms with van der Waals surface area (Å²) >= 11 is 5.95. The maximum atomic E-state index is 11.9. The van der Waals surface area contributed by atoms with E-state index in [4.69, 9.17) is 26.8 Å². The van der Waals surface area contributed by atoms with Crippen LogP contribution in [-0.2, 0) is 11.8 Å². The Morgan fingerprint density at radius 2 is 2.17 bits per heavy atom. The zero-order valence-corrected chi connectivity index (χ0v) is 17.6. The lowest BCUT2D eigenvalue weighted by molar-refractivity contribution is 0.0601. The van der Waals surface area contributed by atoms with Gasteiger partial charge >= 0.3 is 5.97 Å². The molecule has 3 aromatic heterocycles. The average molecular weight is 432 g/mol. The van der Waals surface area contributed by atoms with Crippen LogP contribution in [0.5, 0.6) is 5.88 Å². The summed E-state index contributed by atoms with van der Waals surface area (Å²) in [5, 5.41) is 7.69. The number of esters is 1. The lowest BCUT2D eigenvalue weighted by atomic mass is 10.2. The third kappa shape index (κ3) is 4.95. The number of pyridine rings is 1. The van der Waals surface area contributed by atoms with Gasteiger partial charge in [-0.15, -0.1) is 0 Å². The highest BCUT2D eigenvalue weighted by Crippen LogP contribution is 2.28. The number of aryl methyl sites for hydroxylation is 1. The molecule has 10 nitrogen and oxygen atoms in total. The molecule has 0 radical (unpaired) electrons. The topological polar surface area (TPSA) is 130 Å². The fraction of sp³-hybridized carbons (Fsp3) is 0.316. The van der Waals surface area contributed by atoms with Crippen molar-refractivity contribution in [2.45, 2.75) is 19.4 Å². The van der Waals surface area contributed by atoms with Gasteiger partial charge in [0.2, 0.25) is 5.88 Å². The van der Waals surface area contributed by atoms with Gasteiger partial charge in [0.05, 0.1) is 25.1 Å². The standard InChI is InChI=1S/C19H22ClN7O3/c1-11(4-6-22-14-8-15(20)24-9-12(14)19(28)29-3)30-18-13(10-25-27(18)2)17-23-7-5-16(21)26-17/h5,7-11H,4,6H2,1-3H3,(H,22,24)(H2,21,23,26)/t11-/m0/s1.